The molecule has 3 N–H and O–H groups in total. The Bertz CT molecular complexity index is 960. The van der Waals surface area contributed by atoms with Crippen LogP contribution in [0, 0.1) is 0 Å². The molecule has 0 aliphatic heterocycles. The van der Waals surface area contributed by atoms with E-state index in [0.717, 1.165) is 19.3 Å². The number of aryl methyl sites for hydroxylation is 1. The van der Waals surface area contributed by atoms with Crippen molar-refractivity contribution in [2.45, 2.75) is 45.2 Å². The predicted molar refractivity (Wildman–Crippen MR) is 105 cm³/mol. The molecule has 3 rings (SSSR count). The summed E-state index contributed by atoms with van der Waals surface area (Å²) < 4.78 is 1.25. The molecule has 0 bridgehead atoms. The van der Waals surface area contributed by atoms with Gasteiger partial charge in [-0.1, -0.05) is 31.2 Å². The number of nitrogen functional groups attached to an aromatic ring is 1. The van der Waals surface area contributed by atoms with Crippen molar-refractivity contribution in [1.29, 1.82) is 0 Å². The quantitative estimate of drug-likeness (QED) is 0.754. The number of ketones is 1. The molecule has 1 aliphatic rings. The van der Waals surface area contributed by atoms with Gasteiger partial charge >= 0.3 is 5.69 Å². The number of carbonyl (C=O) groups is 1. The Kier molecular flexibility index (Phi) is 5.60. The summed E-state index contributed by atoms with van der Waals surface area (Å²) in [4.78, 5) is 41.2. The third-order valence-electron chi connectivity index (χ3n) is 5.23. The van der Waals surface area contributed by atoms with Gasteiger partial charge in [-0.15, -0.1) is 0 Å². The average molecular weight is 370 g/mol. The van der Waals surface area contributed by atoms with Gasteiger partial charge < -0.3 is 5.73 Å². The number of H-pyrrole nitrogens is 1. The van der Waals surface area contributed by atoms with Crippen molar-refractivity contribution < 1.29 is 4.79 Å². The van der Waals surface area contributed by atoms with E-state index in [1.165, 1.54) is 15.7 Å². The predicted octanol–water partition coefficient (Wildman–Crippen LogP) is 1.72. The molecule has 144 valence electrons. The first kappa shape index (κ1) is 19.1. The number of nitrogens with zero attached hydrogens (tertiary/aromatic N) is 2. The minimum absolute atomic E-state index is 0.0481. The van der Waals surface area contributed by atoms with E-state index in [-0.39, 0.29) is 29.8 Å². The first-order valence-corrected chi connectivity index (χ1v) is 9.37. The number of aromatic amines is 1. The van der Waals surface area contributed by atoms with Gasteiger partial charge in [0.25, 0.3) is 5.56 Å². The standard InChI is InChI=1S/C20H26N4O3/c1-3-11-24-18(21)17(19(26)22-20(24)27)16(25)12-23(2)15-10-6-8-13-7-4-5-9-14(13)15/h4-5,7,9,15H,3,6,8,10-12,21H2,1-2H3,(H,22,26,27)/t15-/m0/s1. The van der Waals surface area contributed by atoms with Crippen LogP contribution in [-0.4, -0.2) is 33.8 Å². The molecule has 0 fully saturated rings. The molecule has 7 heteroatoms. The summed E-state index contributed by atoms with van der Waals surface area (Å²) in [5, 5.41) is 0. The molecule has 0 saturated heterocycles. The largest absolute Gasteiger partial charge is 0.384 e. The molecule has 1 aromatic carbocycles. The van der Waals surface area contributed by atoms with E-state index in [1.807, 2.05) is 31.0 Å². The van der Waals surface area contributed by atoms with Crippen LogP contribution in [0.15, 0.2) is 33.9 Å². The van der Waals surface area contributed by atoms with E-state index in [2.05, 4.69) is 17.1 Å². The Balaban J connectivity index is 1.87. The SMILES string of the molecule is CCCn1c(N)c(C(=O)CN(C)[C@H]2CCCc3ccccc32)c(=O)[nH]c1=O. The number of hydrogen-bond acceptors (Lipinski definition) is 5. The number of likely N-dealkylation sites (N-methyl/N-ethyl adjacent to an activating group) is 1. The molecule has 2 aromatic rings. The lowest BCUT2D eigenvalue weighted by Crippen LogP contribution is -2.39. The molecule has 27 heavy (non-hydrogen) atoms. The molecule has 0 spiro atoms. The summed E-state index contributed by atoms with van der Waals surface area (Å²) in [6.07, 6.45) is 3.73. The molecule has 0 amide bonds. The van der Waals surface area contributed by atoms with Gasteiger partial charge in [-0.3, -0.25) is 24.0 Å². The number of fused-ring (bicyclic) bond motifs is 1. The third kappa shape index (κ3) is 3.73. The van der Waals surface area contributed by atoms with Gasteiger partial charge in [0.15, 0.2) is 5.78 Å². The summed E-state index contributed by atoms with van der Waals surface area (Å²) in [5.41, 5.74) is 7.13. The Morgan fingerprint density at radius 2 is 2.07 bits per heavy atom. The molecule has 7 nitrogen and oxygen atoms in total. The lowest BCUT2D eigenvalue weighted by atomic mass is 9.87. The van der Waals surface area contributed by atoms with Crippen LogP contribution in [0.5, 0.6) is 0 Å². The fourth-order valence-corrected chi connectivity index (χ4v) is 3.90. The second-order valence-corrected chi connectivity index (χ2v) is 7.12. The van der Waals surface area contributed by atoms with Crippen molar-refractivity contribution in [3.05, 3.63) is 61.8 Å². The summed E-state index contributed by atoms with van der Waals surface area (Å²) >= 11 is 0. The zero-order valence-corrected chi connectivity index (χ0v) is 15.8. The van der Waals surface area contributed by atoms with Gasteiger partial charge in [-0.2, -0.15) is 0 Å². The van der Waals surface area contributed by atoms with E-state index >= 15 is 0 Å². The maximum Gasteiger partial charge on any atom is 0.329 e. The van der Waals surface area contributed by atoms with Gasteiger partial charge in [0.2, 0.25) is 0 Å². The van der Waals surface area contributed by atoms with Crippen LogP contribution >= 0.6 is 0 Å². The van der Waals surface area contributed by atoms with Gasteiger partial charge in [-0.25, -0.2) is 4.79 Å². The van der Waals surface area contributed by atoms with E-state index in [4.69, 9.17) is 5.73 Å². The highest BCUT2D eigenvalue weighted by atomic mass is 16.2. The van der Waals surface area contributed by atoms with Crippen molar-refractivity contribution in [3.8, 4) is 0 Å². The zero-order chi connectivity index (χ0) is 19.6. The second-order valence-electron chi connectivity index (χ2n) is 7.12. The second kappa shape index (κ2) is 7.92. The monoisotopic (exact) mass is 370 g/mol. The molecule has 1 aromatic heterocycles. The van der Waals surface area contributed by atoms with Crippen molar-refractivity contribution in [2.75, 3.05) is 19.3 Å². The number of nitrogens with two attached hydrogens (primary N) is 1. The summed E-state index contributed by atoms with van der Waals surface area (Å²) in [6, 6.07) is 8.39. The molecular formula is C20H26N4O3. The van der Waals surface area contributed by atoms with Crippen LogP contribution in [-0.2, 0) is 13.0 Å². The van der Waals surface area contributed by atoms with E-state index in [1.54, 1.807) is 0 Å². The summed E-state index contributed by atoms with van der Waals surface area (Å²) in [7, 11) is 1.89. The van der Waals surface area contributed by atoms with Crippen molar-refractivity contribution in [1.82, 2.24) is 14.5 Å². The highest BCUT2D eigenvalue weighted by molar-refractivity contribution is 6.01. The molecule has 1 atom stereocenters. The first-order chi connectivity index (χ1) is 12.9. The van der Waals surface area contributed by atoms with Crippen LogP contribution in [0.25, 0.3) is 0 Å². The molecule has 0 saturated carbocycles. The summed E-state index contributed by atoms with van der Waals surface area (Å²) in [5.74, 6) is -0.419. The Morgan fingerprint density at radius 1 is 1.33 bits per heavy atom. The van der Waals surface area contributed by atoms with E-state index in [9.17, 15) is 14.4 Å². The van der Waals surface area contributed by atoms with E-state index in [0.29, 0.717) is 13.0 Å². The van der Waals surface area contributed by atoms with Crippen LogP contribution in [0.1, 0.15) is 53.7 Å². The third-order valence-corrected chi connectivity index (χ3v) is 5.23. The molecule has 1 aliphatic carbocycles. The van der Waals surface area contributed by atoms with Gasteiger partial charge in [-0.05, 0) is 43.9 Å². The highest BCUT2D eigenvalue weighted by Gasteiger charge is 2.27. The smallest absolute Gasteiger partial charge is 0.329 e. The number of Topliss-reactive ketones (excluding diaryl/α,β-unsaturated/α-hetero) is 1. The molecule has 0 unspecified atom stereocenters. The maximum absolute atomic E-state index is 12.9. The van der Waals surface area contributed by atoms with Crippen LogP contribution < -0.4 is 17.0 Å². The van der Waals surface area contributed by atoms with Gasteiger partial charge in [0.05, 0.1) is 6.54 Å². The van der Waals surface area contributed by atoms with Crippen molar-refractivity contribution in [2.24, 2.45) is 0 Å². The Hall–Kier alpha value is -2.67. The molecule has 1 heterocycles. The van der Waals surface area contributed by atoms with Gasteiger partial charge in [0.1, 0.15) is 11.4 Å². The minimum atomic E-state index is -0.715. The molecular weight excluding hydrogens is 344 g/mol. The topological polar surface area (TPSA) is 101 Å². The van der Waals surface area contributed by atoms with Crippen molar-refractivity contribution >= 4 is 11.6 Å². The van der Waals surface area contributed by atoms with Gasteiger partial charge in [0, 0.05) is 12.6 Å². The first-order valence-electron chi connectivity index (χ1n) is 9.37. The maximum atomic E-state index is 12.9. The van der Waals surface area contributed by atoms with Crippen LogP contribution in [0.3, 0.4) is 0 Å². The minimum Gasteiger partial charge on any atom is -0.384 e. The normalized spacial score (nSPS) is 16.3. The van der Waals surface area contributed by atoms with Crippen LogP contribution in [0.4, 0.5) is 5.82 Å². The number of hydrogen-bond donors (Lipinski definition) is 2. The zero-order valence-electron chi connectivity index (χ0n) is 15.8. The fourth-order valence-electron chi connectivity index (χ4n) is 3.90. The fraction of sp³-hybridized carbons (Fsp3) is 0.450. The molecule has 0 radical (unpaired) electrons. The highest BCUT2D eigenvalue weighted by Crippen LogP contribution is 2.33. The summed E-state index contributed by atoms with van der Waals surface area (Å²) in [6.45, 7) is 2.32. The number of rotatable bonds is 6. The number of benzene rings is 1. The Morgan fingerprint density at radius 3 is 2.81 bits per heavy atom. The lowest BCUT2D eigenvalue weighted by molar-refractivity contribution is 0.0910. The van der Waals surface area contributed by atoms with Crippen molar-refractivity contribution in [3.63, 3.8) is 0 Å². The lowest BCUT2D eigenvalue weighted by Gasteiger charge is -2.33. The number of carbonyl (C=O) groups excluding carboxylic acids is 1. The number of anilines is 1. The van der Waals surface area contributed by atoms with Crippen LogP contribution in [0.2, 0.25) is 0 Å². The average Bonchev–Trinajstić information content (AvgIpc) is 2.64. The number of nitrogens with one attached hydrogen (secondary N) is 1. The Labute approximate surface area is 157 Å². The number of aromatic nitrogens is 2. The van der Waals surface area contributed by atoms with E-state index < -0.39 is 11.2 Å².